The summed E-state index contributed by atoms with van der Waals surface area (Å²) in [6.07, 6.45) is 13.3. The van der Waals surface area contributed by atoms with Gasteiger partial charge < -0.3 is 9.97 Å². The molecule has 0 unspecified atom stereocenters. The molecule has 56 heavy (non-hydrogen) atoms. The molecule has 0 atom stereocenters. The van der Waals surface area contributed by atoms with Gasteiger partial charge in [0.1, 0.15) is 0 Å². The van der Waals surface area contributed by atoms with Gasteiger partial charge in [-0.2, -0.15) is 0 Å². The van der Waals surface area contributed by atoms with E-state index in [4.69, 9.17) is 9.97 Å². The van der Waals surface area contributed by atoms with Crippen LogP contribution in [0.5, 0.6) is 0 Å². The summed E-state index contributed by atoms with van der Waals surface area (Å²) >= 11 is 5.43. The topological polar surface area (TPSA) is 57.4 Å². The first-order valence-electron chi connectivity index (χ1n) is 21.3. The van der Waals surface area contributed by atoms with Crippen molar-refractivity contribution in [2.24, 2.45) is 0 Å². The first-order chi connectivity index (χ1) is 27.3. The van der Waals surface area contributed by atoms with E-state index >= 15 is 0 Å². The predicted octanol–water partition coefficient (Wildman–Crippen LogP) is 14.4. The zero-order valence-electron chi connectivity index (χ0n) is 35.2. The lowest BCUT2D eigenvalue weighted by Crippen LogP contribution is -1.95. The SMILES string of the molecule is CCCCCCc1cc(Br)sc1C#CC#Cc1c2nc(cc3[nH]c(cc4[nH]c(cc5nc1C(CC)=C5CC)c(CC)c4CC)c(CC)c3CC)C(CC)=C2CC. The second kappa shape index (κ2) is 18.9. The van der Waals surface area contributed by atoms with Gasteiger partial charge in [-0.3, -0.25) is 0 Å². The summed E-state index contributed by atoms with van der Waals surface area (Å²) in [4.78, 5) is 19.9. The van der Waals surface area contributed by atoms with Crippen LogP contribution in [0.4, 0.5) is 0 Å². The Morgan fingerprint density at radius 3 is 1.45 bits per heavy atom. The number of hydrogen-bond acceptors (Lipinski definition) is 3. The molecule has 4 aromatic heterocycles. The molecule has 6 heterocycles. The lowest BCUT2D eigenvalue weighted by molar-refractivity contribution is 0.667. The average molecular weight is 828 g/mol. The number of unbranched alkanes of at least 4 members (excludes halogenated alkanes) is 3. The molecule has 0 aliphatic carbocycles. The van der Waals surface area contributed by atoms with Crippen LogP contribution in [-0.4, -0.2) is 19.9 Å². The number of hydrogen-bond donors (Lipinski definition) is 2. The molecule has 2 N–H and O–H groups in total. The fourth-order valence-electron chi connectivity index (χ4n) is 8.92. The van der Waals surface area contributed by atoms with E-state index in [-0.39, 0.29) is 0 Å². The molecule has 0 aromatic carbocycles. The Bertz CT molecular complexity index is 2350. The lowest BCUT2D eigenvalue weighted by atomic mass is 9.94. The van der Waals surface area contributed by atoms with Crippen molar-refractivity contribution in [1.82, 2.24) is 19.9 Å². The van der Waals surface area contributed by atoms with E-state index in [2.05, 4.69) is 136 Å². The highest BCUT2D eigenvalue weighted by atomic mass is 79.9. The molecule has 0 amide bonds. The smallest absolute Gasteiger partial charge is 0.0851 e. The molecule has 0 saturated heterocycles. The van der Waals surface area contributed by atoms with Crippen LogP contribution >= 0.6 is 27.3 Å². The number of nitrogens with zero attached hydrogens (tertiary/aromatic N) is 2. The van der Waals surface area contributed by atoms with Gasteiger partial charge in [0.15, 0.2) is 0 Å². The van der Waals surface area contributed by atoms with Crippen molar-refractivity contribution in [2.75, 3.05) is 0 Å². The molecular weight excluding hydrogens is 769 g/mol. The number of fused-ring (bicyclic) bond motifs is 8. The predicted molar refractivity (Wildman–Crippen MR) is 247 cm³/mol. The maximum atomic E-state index is 5.53. The van der Waals surface area contributed by atoms with Gasteiger partial charge in [0.25, 0.3) is 0 Å². The molecule has 8 bridgehead atoms. The Kier molecular flexibility index (Phi) is 14.0. The maximum absolute atomic E-state index is 5.53. The standard InChI is InChI=1S/C50H59BrN4S/c1-10-19-20-21-24-31-27-48(51)56-47(31)26-23-22-25-40-49-38(17-8)36(15-6)45(54-49)29-43-34(13-4)32(11-2)41(52-43)28-42-33(12-3)35(14-5)44(53-42)30-46-37(16-7)39(18-9)50(40)55-46/h27-30,52-53H,10-21,24H2,1-9H3. The van der Waals surface area contributed by atoms with Gasteiger partial charge in [-0.1, -0.05) is 81.6 Å². The molecule has 0 saturated carbocycles. The van der Waals surface area contributed by atoms with Gasteiger partial charge in [-0.25, -0.2) is 9.97 Å². The fourth-order valence-corrected chi connectivity index (χ4v) is 10.5. The zero-order valence-corrected chi connectivity index (χ0v) is 37.6. The van der Waals surface area contributed by atoms with Crippen LogP contribution in [0.3, 0.4) is 0 Å². The highest BCUT2D eigenvalue weighted by Gasteiger charge is 2.27. The normalized spacial score (nSPS) is 12.6. The Labute approximate surface area is 348 Å². The maximum Gasteiger partial charge on any atom is 0.0851 e. The van der Waals surface area contributed by atoms with Crippen LogP contribution in [0.2, 0.25) is 0 Å². The number of thiophene rings is 1. The molecule has 0 radical (unpaired) electrons. The summed E-state index contributed by atoms with van der Waals surface area (Å²) in [5, 5.41) is 0. The van der Waals surface area contributed by atoms with Gasteiger partial charge in [0.05, 0.1) is 37.0 Å². The monoisotopic (exact) mass is 826 g/mol. The van der Waals surface area contributed by atoms with Crippen molar-refractivity contribution in [3.63, 3.8) is 0 Å². The highest BCUT2D eigenvalue weighted by molar-refractivity contribution is 9.11. The third kappa shape index (κ3) is 8.16. The number of aryl methyl sites for hydroxylation is 5. The van der Waals surface area contributed by atoms with Gasteiger partial charge >= 0.3 is 0 Å². The average Bonchev–Trinajstić information content (AvgIpc) is 4.00. The molecule has 0 spiro atoms. The minimum Gasteiger partial charge on any atom is -0.355 e. The van der Waals surface area contributed by atoms with E-state index in [0.717, 1.165) is 106 Å². The Hall–Kier alpha value is -4.10. The second-order valence-corrected chi connectivity index (χ2v) is 17.2. The molecule has 6 rings (SSSR count). The van der Waals surface area contributed by atoms with Crippen molar-refractivity contribution >= 4 is 71.6 Å². The number of nitrogens with one attached hydrogen (secondary N) is 2. The van der Waals surface area contributed by atoms with E-state index in [1.807, 2.05) is 0 Å². The van der Waals surface area contributed by atoms with Gasteiger partial charge in [-0.05, 0) is 178 Å². The quantitative estimate of drug-likeness (QED) is 0.104. The van der Waals surface area contributed by atoms with Crippen molar-refractivity contribution in [3.05, 3.63) is 89.1 Å². The molecule has 292 valence electrons. The van der Waals surface area contributed by atoms with E-state index in [0.29, 0.717) is 0 Å². The molecule has 2 aliphatic heterocycles. The molecule has 0 fully saturated rings. The van der Waals surface area contributed by atoms with Crippen LogP contribution in [0, 0.1) is 23.7 Å². The Balaban J connectivity index is 1.73. The number of rotatable bonds is 13. The summed E-state index contributed by atoms with van der Waals surface area (Å²) in [5.74, 6) is 13.7. The van der Waals surface area contributed by atoms with E-state index in [1.165, 1.54) is 86.8 Å². The minimum absolute atomic E-state index is 0.859. The van der Waals surface area contributed by atoms with E-state index < -0.39 is 0 Å². The summed E-state index contributed by atoms with van der Waals surface area (Å²) < 4.78 is 1.12. The molecule has 4 nitrogen and oxygen atoms in total. The van der Waals surface area contributed by atoms with E-state index in [9.17, 15) is 0 Å². The lowest BCUT2D eigenvalue weighted by Gasteiger charge is -2.08. The highest BCUT2D eigenvalue weighted by Crippen LogP contribution is 2.41. The van der Waals surface area contributed by atoms with Crippen LogP contribution < -0.4 is 0 Å². The first kappa shape index (κ1) is 41.5. The molecule has 2 aliphatic rings. The third-order valence-corrected chi connectivity index (χ3v) is 13.2. The summed E-state index contributed by atoms with van der Waals surface area (Å²) in [6, 6.07) is 9.20. The van der Waals surface area contributed by atoms with Crippen LogP contribution in [-0.2, 0) is 32.1 Å². The molecule has 6 heteroatoms. The van der Waals surface area contributed by atoms with Gasteiger partial charge in [0, 0.05) is 22.1 Å². The van der Waals surface area contributed by atoms with Crippen molar-refractivity contribution in [2.45, 2.75) is 146 Å². The second-order valence-electron chi connectivity index (χ2n) is 14.8. The first-order valence-corrected chi connectivity index (χ1v) is 23.0. The van der Waals surface area contributed by atoms with Gasteiger partial charge in [0.2, 0.25) is 0 Å². The van der Waals surface area contributed by atoms with Crippen molar-refractivity contribution < 1.29 is 0 Å². The molecular formula is C50H59BrN4S. The summed E-state index contributed by atoms with van der Waals surface area (Å²) in [5.41, 5.74) is 21.4. The molecule has 4 aromatic rings. The van der Waals surface area contributed by atoms with Gasteiger partial charge in [-0.15, -0.1) is 11.3 Å². The fraction of sp³-hybridized carbons (Fsp3) is 0.440. The Morgan fingerprint density at radius 1 is 0.536 bits per heavy atom. The zero-order chi connectivity index (χ0) is 39.9. The Morgan fingerprint density at radius 2 is 1.00 bits per heavy atom. The van der Waals surface area contributed by atoms with Crippen LogP contribution in [0.25, 0.3) is 44.4 Å². The van der Waals surface area contributed by atoms with Crippen LogP contribution in [0.1, 0.15) is 175 Å². The largest absolute Gasteiger partial charge is 0.355 e. The summed E-state index contributed by atoms with van der Waals surface area (Å²) in [7, 11) is 0. The number of aromatic amines is 2. The number of allylic oxidation sites excluding steroid dienone is 4. The minimum atomic E-state index is 0.859. The number of aromatic nitrogens is 4. The third-order valence-electron chi connectivity index (χ3n) is 11.6. The number of H-pyrrole nitrogens is 2. The van der Waals surface area contributed by atoms with Crippen LogP contribution in [0.15, 0.2) is 28.1 Å². The summed E-state index contributed by atoms with van der Waals surface area (Å²) in [6.45, 7) is 20.3. The van der Waals surface area contributed by atoms with Crippen molar-refractivity contribution in [3.8, 4) is 23.7 Å². The van der Waals surface area contributed by atoms with E-state index in [1.54, 1.807) is 11.3 Å². The van der Waals surface area contributed by atoms with Crippen molar-refractivity contribution in [1.29, 1.82) is 0 Å². The number of halogens is 1.